The number of nitrogens with one attached hydrogen (secondary N) is 1. The second-order valence-corrected chi connectivity index (χ2v) is 6.29. The van der Waals surface area contributed by atoms with Crippen molar-refractivity contribution in [3.63, 3.8) is 0 Å². The molecule has 2 aromatic rings. The normalized spacial score (nSPS) is 10.3. The summed E-state index contributed by atoms with van der Waals surface area (Å²) in [6, 6.07) is 8.25. The molecule has 0 unspecified atom stereocenters. The monoisotopic (exact) mass is 296 g/mol. The van der Waals surface area contributed by atoms with Gasteiger partial charge in [-0.3, -0.25) is 0 Å². The number of halogens is 1. The van der Waals surface area contributed by atoms with Gasteiger partial charge in [0.1, 0.15) is 0 Å². The molecule has 2 rings (SSSR count). The van der Waals surface area contributed by atoms with Crippen LogP contribution in [0.25, 0.3) is 0 Å². The molecule has 0 amide bonds. The van der Waals surface area contributed by atoms with Crippen LogP contribution in [0.15, 0.2) is 48.0 Å². The summed E-state index contributed by atoms with van der Waals surface area (Å²) in [7, 11) is 0. The van der Waals surface area contributed by atoms with Gasteiger partial charge in [-0.2, -0.15) is 0 Å². The summed E-state index contributed by atoms with van der Waals surface area (Å²) in [4.78, 5) is 6.38. The van der Waals surface area contributed by atoms with Crippen molar-refractivity contribution < 1.29 is 0 Å². The fourth-order valence-electron chi connectivity index (χ4n) is 1.43. The molecule has 94 valence electrons. The van der Waals surface area contributed by atoms with Crippen molar-refractivity contribution >= 4 is 40.4 Å². The van der Waals surface area contributed by atoms with Crippen LogP contribution in [0.3, 0.4) is 0 Å². The molecule has 18 heavy (non-hydrogen) atoms. The Morgan fingerprint density at radius 1 is 1.44 bits per heavy atom. The van der Waals surface area contributed by atoms with Crippen LogP contribution < -0.4 is 5.32 Å². The van der Waals surface area contributed by atoms with E-state index < -0.39 is 0 Å². The van der Waals surface area contributed by atoms with E-state index >= 15 is 0 Å². The lowest BCUT2D eigenvalue weighted by atomic mass is 10.3. The molecule has 0 aliphatic rings. The van der Waals surface area contributed by atoms with E-state index in [0.717, 1.165) is 22.9 Å². The summed E-state index contributed by atoms with van der Waals surface area (Å²) in [5, 5.41) is 3.41. The van der Waals surface area contributed by atoms with E-state index in [1.54, 1.807) is 18.0 Å². The maximum absolute atomic E-state index is 5.81. The van der Waals surface area contributed by atoms with Crippen molar-refractivity contribution in [1.82, 2.24) is 4.98 Å². The van der Waals surface area contributed by atoms with E-state index in [1.165, 1.54) is 16.2 Å². The molecule has 2 nitrogen and oxygen atoms in total. The van der Waals surface area contributed by atoms with Gasteiger partial charge >= 0.3 is 0 Å². The van der Waals surface area contributed by atoms with E-state index in [1.807, 2.05) is 18.2 Å². The van der Waals surface area contributed by atoms with Gasteiger partial charge in [0.05, 0.1) is 6.54 Å². The Balaban J connectivity index is 2.01. The Morgan fingerprint density at radius 2 is 2.28 bits per heavy atom. The molecule has 1 heterocycles. The Bertz CT molecular complexity index is 525. The number of aromatic nitrogens is 1. The van der Waals surface area contributed by atoms with Crippen LogP contribution in [-0.2, 0) is 6.54 Å². The molecule has 0 saturated heterocycles. The first-order valence-electron chi connectivity index (χ1n) is 5.46. The van der Waals surface area contributed by atoms with Crippen LogP contribution in [0.1, 0.15) is 4.88 Å². The molecule has 5 heteroatoms. The van der Waals surface area contributed by atoms with Gasteiger partial charge in [-0.25, -0.2) is 4.98 Å². The highest BCUT2D eigenvalue weighted by Gasteiger charge is 2.03. The Kier molecular flexibility index (Phi) is 5.11. The minimum Gasteiger partial charge on any atom is -0.379 e. The summed E-state index contributed by atoms with van der Waals surface area (Å²) in [5.74, 6) is 0.908. The predicted molar refractivity (Wildman–Crippen MR) is 81.8 cm³/mol. The number of hydrogen-bond acceptors (Lipinski definition) is 4. The number of hydrogen-bond donors (Lipinski definition) is 1. The summed E-state index contributed by atoms with van der Waals surface area (Å²) >= 11 is 9.07. The van der Waals surface area contributed by atoms with Gasteiger partial charge in [-0.15, -0.1) is 29.7 Å². The molecule has 0 bridgehead atoms. The van der Waals surface area contributed by atoms with E-state index in [2.05, 4.69) is 29.0 Å². The van der Waals surface area contributed by atoms with Gasteiger partial charge in [-0.05, 0) is 12.1 Å². The molecule has 1 aromatic carbocycles. The van der Waals surface area contributed by atoms with Gasteiger partial charge in [0.25, 0.3) is 0 Å². The van der Waals surface area contributed by atoms with Crippen LogP contribution in [0.2, 0.25) is 4.47 Å². The third-order valence-electron chi connectivity index (χ3n) is 2.22. The second-order valence-electron chi connectivity index (χ2n) is 3.53. The van der Waals surface area contributed by atoms with Gasteiger partial charge < -0.3 is 5.32 Å². The maximum atomic E-state index is 5.81. The third kappa shape index (κ3) is 3.77. The first kappa shape index (κ1) is 13.5. The highest BCUT2D eigenvalue weighted by atomic mass is 35.5. The first-order chi connectivity index (χ1) is 8.79. The van der Waals surface area contributed by atoms with Crippen molar-refractivity contribution in [3.05, 3.63) is 52.5 Å². The fourth-order valence-corrected chi connectivity index (χ4v) is 3.12. The van der Waals surface area contributed by atoms with Gasteiger partial charge in [-0.1, -0.05) is 29.8 Å². The van der Waals surface area contributed by atoms with Crippen LogP contribution in [0, 0.1) is 0 Å². The highest BCUT2D eigenvalue weighted by molar-refractivity contribution is 7.99. The van der Waals surface area contributed by atoms with Crippen molar-refractivity contribution in [3.8, 4) is 0 Å². The summed E-state index contributed by atoms with van der Waals surface area (Å²) in [6.07, 6.45) is 3.71. The standard InChI is InChI=1S/C13H13ClN2S2/c1-2-7-17-12-6-4-3-5-11(12)15-8-10-9-16-13(14)18-10/h2-6,9,15H,1,7-8H2. The Labute approximate surface area is 120 Å². The van der Waals surface area contributed by atoms with Crippen LogP contribution in [0.4, 0.5) is 5.69 Å². The zero-order valence-electron chi connectivity index (χ0n) is 9.73. The average molecular weight is 297 g/mol. The predicted octanol–water partition coefficient (Wildman–Crippen LogP) is 4.69. The van der Waals surface area contributed by atoms with Crippen molar-refractivity contribution in [2.75, 3.05) is 11.1 Å². The second kappa shape index (κ2) is 6.83. The lowest BCUT2D eigenvalue weighted by molar-refractivity contribution is 1.15. The molecule has 0 aliphatic heterocycles. The van der Waals surface area contributed by atoms with Crippen LogP contribution in [-0.4, -0.2) is 10.7 Å². The van der Waals surface area contributed by atoms with Crippen molar-refractivity contribution in [2.45, 2.75) is 11.4 Å². The topological polar surface area (TPSA) is 24.9 Å². The number of anilines is 1. The Hall–Kier alpha value is -0.970. The molecule has 1 aromatic heterocycles. The number of rotatable bonds is 6. The molecule has 0 radical (unpaired) electrons. The molecule has 0 spiro atoms. The van der Waals surface area contributed by atoms with Crippen molar-refractivity contribution in [2.24, 2.45) is 0 Å². The Morgan fingerprint density at radius 3 is 3.00 bits per heavy atom. The highest BCUT2D eigenvalue weighted by Crippen LogP contribution is 2.28. The maximum Gasteiger partial charge on any atom is 0.183 e. The molecule has 0 atom stereocenters. The molecule has 1 N–H and O–H groups in total. The van der Waals surface area contributed by atoms with Gasteiger partial charge in [0.2, 0.25) is 0 Å². The van der Waals surface area contributed by atoms with Gasteiger partial charge in [0, 0.05) is 27.4 Å². The number of para-hydroxylation sites is 1. The minimum atomic E-state index is 0.584. The average Bonchev–Trinajstić information content (AvgIpc) is 2.81. The minimum absolute atomic E-state index is 0.584. The van der Waals surface area contributed by atoms with Crippen molar-refractivity contribution in [1.29, 1.82) is 0 Å². The third-order valence-corrected chi connectivity index (χ3v) is 4.41. The fraction of sp³-hybridized carbons (Fsp3) is 0.154. The van der Waals surface area contributed by atoms with E-state index in [-0.39, 0.29) is 0 Å². The first-order valence-corrected chi connectivity index (χ1v) is 7.64. The zero-order valence-corrected chi connectivity index (χ0v) is 12.1. The smallest absolute Gasteiger partial charge is 0.183 e. The summed E-state index contributed by atoms with van der Waals surface area (Å²) < 4.78 is 0.584. The van der Waals surface area contributed by atoms with Crippen LogP contribution in [0.5, 0.6) is 0 Å². The quantitative estimate of drug-likeness (QED) is 0.618. The molecular weight excluding hydrogens is 284 g/mol. The van der Waals surface area contributed by atoms with Gasteiger partial charge in [0.15, 0.2) is 4.47 Å². The molecule has 0 saturated carbocycles. The number of thiazole rings is 1. The number of benzene rings is 1. The molecular formula is C13H13ClN2S2. The molecule has 0 fully saturated rings. The lowest BCUT2D eigenvalue weighted by Crippen LogP contribution is -1.98. The summed E-state index contributed by atoms with van der Waals surface area (Å²) in [5.41, 5.74) is 1.13. The zero-order chi connectivity index (χ0) is 12.8. The van der Waals surface area contributed by atoms with E-state index in [0.29, 0.717) is 4.47 Å². The van der Waals surface area contributed by atoms with E-state index in [9.17, 15) is 0 Å². The largest absolute Gasteiger partial charge is 0.379 e. The molecule has 0 aliphatic carbocycles. The van der Waals surface area contributed by atoms with Crippen LogP contribution >= 0.6 is 34.7 Å². The number of nitrogens with zero attached hydrogens (tertiary/aromatic N) is 1. The number of thioether (sulfide) groups is 1. The lowest BCUT2D eigenvalue weighted by Gasteiger charge is -2.09. The summed E-state index contributed by atoms with van der Waals surface area (Å²) in [6.45, 7) is 4.49. The SMILES string of the molecule is C=CCSc1ccccc1NCc1cnc(Cl)s1. The van der Waals surface area contributed by atoms with E-state index in [4.69, 9.17) is 11.6 Å².